The van der Waals surface area contributed by atoms with E-state index < -0.39 is 5.97 Å². The van der Waals surface area contributed by atoms with Crippen molar-refractivity contribution in [1.82, 2.24) is 0 Å². The Labute approximate surface area is 89.6 Å². The molecule has 0 aliphatic heterocycles. The lowest BCUT2D eigenvalue weighted by Gasteiger charge is -2.19. The quantitative estimate of drug-likeness (QED) is 0.723. The normalized spacial score (nSPS) is 30.1. The van der Waals surface area contributed by atoms with Gasteiger partial charge in [-0.2, -0.15) is 0 Å². The van der Waals surface area contributed by atoms with Gasteiger partial charge in [-0.15, -0.1) is 0 Å². The van der Waals surface area contributed by atoms with E-state index in [9.17, 15) is 9.59 Å². The Bertz CT molecular complexity index is 249. The van der Waals surface area contributed by atoms with Crippen LogP contribution in [-0.4, -0.2) is 24.2 Å². The standard InChI is InChI=1S/C11H18O4/c1-7-3-4-8(5-11(14)15-2)9(7)6-10(12)13/h7-9H,3-6H2,1-2H3,(H,12,13)/t7-,8-,9?/m1/s1. The SMILES string of the molecule is COC(=O)C[C@H]1CC[C@@H](C)C1CC(=O)O. The third-order valence-corrected chi connectivity index (χ3v) is 3.40. The Balaban J connectivity index is 2.55. The van der Waals surface area contributed by atoms with Crippen LogP contribution in [-0.2, 0) is 14.3 Å². The number of ether oxygens (including phenoxy) is 1. The first-order valence-corrected chi connectivity index (χ1v) is 5.33. The van der Waals surface area contributed by atoms with Crippen molar-refractivity contribution in [1.29, 1.82) is 0 Å². The number of carbonyl (C=O) groups excluding carboxylic acids is 1. The highest BCUT2D eigenvalue weighted by molar-refractivity contribution is 5.70. The second-order valence-corrected chi connectivity index (χ2v) is 4.36. The zero-order valence-corrected chi connectivity index (χ0v) is 9.23. The first-order chi connectivity index (χ1) is 7.04. The number of aliphatic carboxylic acids is 1. The predicted molar refractivity (Wildman–Crippen MR) is 54.3 cm³/mol. The van der Waals surface area contributed by atoms with E-state index in [2.05, 4.69) is 11.7 Å². The third kappa shape index (κ3) is 3.22. The monoisotopic (exact) mass is 214 g/mol. The molecule has 0 spiro atoms. The van der Waals surface area contributed by atoms with Crippen LogP contribution in [0, 0.1) is 17.8 Å². The molecule has 4 nitrogen and oxygen atoms in total. The molecule has 0 radical (unpaired) electrons. The lowest BCUT2D eigenvalue weighted by molar-refractivity contribution is -0.144. The highest BCUT2D eigenvalue weighted by atomic mass is 16.5. The second kappa shape index (κ2) is 5.14. The third-order valence-electron chi connectivity index (χ3n) is 3.40. The molecule has 1 aliphatic rings. The van der Waals surface area contributed by atoms with Crippen LogP contribution >= 0.6 is 0 Å². The van der Waals surface area contributed by atoms with Gasteiger partial charge in [0.1, 0.15) is 0 Å². The maximum atomic E-state index is 11.1. The number of carbonyl (C=O) groups is 2. The van der Waals surface area contributed by atoms with Crippen LogP contribution in [0.4, 0.5) is 0 Å². The largest absolute Gasteiger partial charge is 0.481 e. The first-order valence-electron chi connectivity index (χ1n) is 5.33. The molecule has 15 heavy (non-hydrogen) atoms. The van der Waals surface area contributed by atoms with E-state index in [1.54, 1.807) is 0 Å². The number of hydrogen-bond acceptors (Lipinski definition) is 3. The fraction of sp³-hybridized carbons (Fsp3) is 0.818. The molecule has 86 valence electrons. The summed E-state index contributed by atoms with van der Waals surface area (Å²) < 4.78 is 4.61. The van der Waals surface area contributed by atoms with Crippen LogP contribution < -0.4 is 0 Å². The van der Waals surface area contributed by atoms with E-state index in [0.717, 1.165) is 12.8 Å². The summed E-state index contributed by atoms with van der Waals surface area (Å²) in [4.78, 5) is 21.8. The molecule has 0 heterocycles. The molecule has 4 heteroatoms. The van der Waals surface area contributed by atoms with Gasteiger partial charge in [0.05, 0.1) is 7.11 Å². The highest BCUT2D eigenvalue weighted by Gasteiger charge is 2.35. The molecule has 0 aromatic rings. The maximum Gasteiger partial charge on any atom is 0.305 e. The van der Waals surface area contributed by atoms with Gasteiger partial charge in [-0.05, 0) is 24.2 Å². The first kappa shape index (κ1) is 12.0. The maximum absolute atomic E-state index is 11.1. The van der Waals surface area contributed by atoms with Gasteiger partial charge in [-0.1, -0.05) is 13.3 Å². The highest BCUT2D eigenvalue weighted by Crippen LogP contribution is 2.40. The predicted octanol–water partition coefficient (Wildman–Crippen LogP) is 1.69. The van der Waals surface area contributed by atoms with E-state index in [-0.39, 0.29) is 24.2 Å². The summed E-state index contributed by atoms with van der Waals surface area (Å²) in [6.07, 6.45) is 2.48. The summed E-state index contributed by atoms with van der Waals surface area (Å²) in [6.45, 7) is 2.06. The molecule has 1 aliphatic carbocycles. The van der Waals surface area contributed by atoms with Gasteiger partial charge in [0.2, 0.25) is 0 Å². The van der Waals surface area contributed by atoms with E-state index in [1.807, 2.05) is 0 Å². The molecule has 0 saturated heterocycles. The average molecular weight is 214 g/mol. The summed E-state index contributed by atoms with van der Waals surface area (Å²) in [6, 6.07) is 0. The minimum Gasteiger partial charge on any atom is -0.481 e. The lowest BCUT2D eigenvalue weighted by atomic mass is 9.86. The molecule has 0 amide bonds. The van der Waals surface area contributed by atoms with Crippen LogP contribution in [0.5, 0.6) is 0 Å². The van der Waals surface area contributed by atoms with E-state index in [4.69, 9.17) is 5.11 Å². The van der Waals surface area contributed by atoms with E-state index in [0.29, 0.717) is 12.3 Å². The summed E-state index contributed by atoms with van der Waals surface area (Å²) >= 11 is 0. The van der Waals surface area contributed by atoms with Crippen LogP contribution in [0.1, 0.15) is 32.6 Å². The van der Waals surface area contributed by atoms with Crippen LogP contribution in [0.25, 0.3) is 0 Å². The smallest absolute Gasteiger partial charge is 0.305 e. The molecular formula is C11H18O4. The Morgan fingerprint density at radius 1 is 1.33 bits per heavy atom. The number of methoxy groups -OCH3 is 1. The molecular weight excluding hydrogens is 196 g/mol. The lowest BCUT2D eigenvalue weighted by Crippen LogP contribution is -2.20. The minimum atomic E-state index is -0.774. The van der Waals surface area contributed by atoms with Gasteiger partial charge in [0.15, 0.2) is 0 Å². The zero-order valence-electron chi connectivity index (χ0n) is 9.23. The summed E-state index contributed by atoms with van der Waals surface area (Å²) in [5, 5.41) is 8.78. The number of esters is 1. The van der Waals surface area contributed by atoms with Gasteiger partial charge < -0.3 is 9.84 Å². The Kier molecular flexibility index (Phi) is 4.12. The fourth-order valence-electron chi connectivity index (χ4n) is 2.49. The summed E-state index contributed by atoms with van der Waals surface area (Å²) in [5.74, 6) is -0.297. The van der Waals surface area contributed by atoms with E-state index in [1.165, 1.54) is 7.11 Å². The molecule has 0 aromatic carbocycles. The van der Waals surface area contributed by atoms with Gasteiger partial charge in [-0.3, -0.25) is 9.59 Å². The van der Waals surface area contributed by atoms with E-state index >= 15 is 0 Å². The molecule has 1 unspecified atom stereocenters. The topological polar surface area (TPSA) is 63.6 Å². The van der Waals surface area contributed by atoms with Gasteiger partial charge in [0, 0.05) is 12.8 Å². The van der Waals surface area contributed by atoms with Gasteiger partial charge in [-0.25, -0.2) is 0 Å². The molecule has 1 rings (SSSR count). The van der Waals surface area contributed by atoms with Crippen molar-refractivity contribution in [3.05, 3.63) is 0 Å². The number of carboxylic acid groups (broad SMARTS) is 1. The molecule has 1 N–H and O–H groups in total. The zero-order chi connectivity index (χ0) is 11.4. The van der Waals surface area contributed by atoms with Crippen molar-refractivity contribution in [3.8, 4) is 0 Å². The summed E-state index contributed by atoms with van der Waals surface area (Å²) in [7, 11) is 1.37. The second-order valence-electron chi connectivity index (χ2n) is 4.36. The van der Waals surface area contributed by atoms with Gasteiger partial charge >= 0.3 is 11.9 Å². The van der Waals surface area contributed by atoms with Crippen molar-refractivity contribution < 1.29 is 19.4 Å². The van der Waals surface area contributed by atoms with Crippen molar-refractivity contribution >= 4 is 11.9 Å². The average Bonchev–Trinajstić information content (AvgIpc) is 2.49. The van der Waals surface area contributed by atoms with Crippen molar-refractivity contribution in [3.63, 3.8) is 0 Å². The van der Waals surface area contributed by atoms with Crippen LogP contribution in [0.2, 0.25) is 0 Å². The molecule has 0 aromatic heterocycles. The minimum absolute atomic E-state index is 0.126. The molecule has 1 saturated carbocycles. The Hall–Kier alpha value is -1.06. The van der Waals surface area contributed by atoms with Crippen molar-refractivity contribution in [2.45, 2.75) is 32.6 Å². The van der Waals surface area contributed by atoms with Gasteiger partial charge in [0.25, 0.3) is 0 Å². The molecule has 0 bridgehead atoms. The Morgan fingerprint density at radius 3 is 2.53 bits per heavy atom. The van der Waals surface area contributed by atoms with Crippen molar-refractivity contribution in [2.75, 3.05) is 7.11 Å². The number of hydrogen-bond donors (Lipinski definition) is 1. The summed E-state index contributed by atoms with van der Waals surface area (Å²) in [5.41, 5.74) is 0. The number of carboxylic acids is 1. The fourth-order valence-corrected chi connectivity index (χ4v) is 2.49. The van der Waals surface area contributed by atoms with Crippen LogP contribution in [0.15, 0.2) is 0 Å². The molecule has 1 fully saturated rings. The Morgan fingerprint density at radius 2 is 2.00 bits per heavy atom. The number of rotatable bonds is 4. The molecule has 3 atom stereocenters. The van der Waals surface area contributed by atoms with Crippen molar-refractivity contribution in [2.24, 2.45) is 17.8 Å². The van der Waals surface area contributed by atoms with Crippen LogP contribution in [0.3, 0.4) is 0 Å².